The Labute approximate surface area is 141 Å². The first-order chi connectivity index (χ1) is 11.5. The summed E-state index contributed by atoms with van der Waals surface area (Å²) in [5.74, 6) is 0.505. The van der Waals surface area contributed by atoms with Gasteiger partial charge in [-0.25, -0.2) is 8.42 Å². The number of hydrogen-bond acceptors (Lipinski definition) is 6. The van der Waals surface area contributed by atoms with Gasteiger partial charge in [-0.05, 0) is 19.1 Å². The lowest BCUT2D eigenvalue weighted by Gasteiger charge is -2.31. The Bertz CT molecular complexity index is 808. The maximum absolute atomic E-state index is 12.9. The number of aryl methyl sites for hydroxylation is 1. The molecule has 7 nitrogen and oxygen atoms in total. The topological polar surface area (TPSA) is 81.6 Å². The van der Waals surface area contributed by atoms with Gasteiger partial charge in [0.2, 0.25) is 10.0 Å². The van der Waals surface area contributed by atoms with Gasteiger partial charge >= 0.3 is 0 Å². The van der Waals surface area contributed by atoms with Crippen LogP contribution in [0.25, 0.3) is 0 Å². The molecular formula is C16H19N3O4S. The van der Waals surface area contributed by atoms with Crippen molar-refractivity contribution in [3.8, 4) is 5.75 Å². The average Bonchev–Trinajstić information content (AvgIpc) is 2.62. The molecule has 1 aliphatic rings. The van der Waals surface area contributed by atoms with E-state index in [-0.39, 0.29) is 11.4 Å². The maximum atomic E-state index is 12.9. The second kappa shape index (κ2) is 6.84. The smallest absolute Gasteiger partial charge is 0.243 e. The lowest BCUT2D eigenvalue weighted by Crippen LogP contribution is -2.42. The van der Waals surface area contributed by atoms with Crippen molar-refractivity contribution in [1.82, 2.24) is 14.3 Å². The van der Waals surface area contributed by atoms with Gasteiger partial charge in [0.15, 0.2) is 0 Å². The van der Waals surface area contributed by atoms with Crippen molar-refractivity contribution in [1.29, 1.82) is 0 Å². The second-order valence-corrected chi connectivity index (χ2v) is 7.42. The van der Waals surface area contributed by atoms with Gasteiger partial charge < -0.3 is 9.47 Å². The van der Waals surface area contributed by atoms with Crippen LogP contribution < -0.4 is 4.74 Å². The zero-order chi connectivity index (χ0) is 17.2. The van der Waals surface area contributed by atoms with Gasteiger partial charge in [0.05, 0.1) is 36.2 Å². The number of ether oxygens (including phenoxy) is 2. The minimum Gasteiger partial charge on any atom is -0.497 e. The van der Waals surface area contributed by atoms with Gasteiger partial charge in [-0.2, -0.15) is 4.31 Å². The van der Waals surface area contributed by atoms with Crippen molar-refractivity contribution >= 4 is 10.0 Å². The Kier molecular flexibility index (Phi) is 4.79. The molecule has 0 unspecified atom stereocenters. The number of methoxy groups -OCH3 is 1. The highest BCUT2D eigenvalue weighted by atomic mass is 32.2. The van der Waals surface area contributed by atoms with Crippen LogP contribution in [0.5, 0.6) is 5.75 Å². The summed E-state index contributed by atoms with van der Waals surface area (Å²) in [6.45, 7) is 2.66. The number of hydrogen-bond donors (Lipinski definition) is 0. The Morgan fingerprint density at radius 3 is 2.83 bits per heavy atom. The van der Waals surface area contributed by atoms with Gasteiger partial charge in [0, 0.05) is 25.4 Å². The number of nitrogens with zero attached hydrogens (tertiary/aromatic N) is 3. The van der Waals surface area contributed by atoms with E-state index in [1.807, 2.05) is 6.92 Å². The molecule has 0 bridgehead atoms. The van der Waals surface area contributed by atoms with Crippen LogP contribution in [0, 0.1) is 6.92 Å². The molecule has 2 heterocycles. The van der Waals surface area contributed by atoms with Crippen LogP contribution in [0.4, 0.5) is 0 Å². The van der Waals surface area contributed by atoms with E-state index in [4.69, 9.17) is 9.47 Å². The zero-order valence-electron chi connectivity index (χ0n) is 13.5. The van der Waals surface area contributed by atoms with E-state index < -0.39 is 16.1 Å². The molecule has 1 aromatic heterocycles. The lowest BCUT2D eigenvalue weighted by atomic mass is 10.2. The molecule has 1 aromatic carbocycles. The average molecular weight is 349 g/mol. The Balaban J connectivity index is 1.84. The highest BCUT2D eigenvalue weighted by Gasteiger charge is 2.32. The van der Waals surface area contributed by atoms with Gasteiger partial charge in [0.1, 0.15) is 11.9 Å². The van der Waals surface area contributed by atoms with Gasteiger partial charge in [0.25, 0.3) is 0 Å². The van der Waals surface area contributed by atoms with Crippen LogP contribution in [0.3, 0.4) is 0 Å². The highest BCUT2D eigenvalue weighted by Crippen LogP contribution is 2.26. The predicted molar refractivity (Wildman–Crippen MR) is 87.2 cm³/mol. The fraction of sp³-hybridized carbons (Fsp3) is 0.375. The number of rotatable bonds is 4. The molecule has 128 valence electrons. The molecule has 2 aromatic rings. The first-order valence-electron chi connectivity index (χ1n) is 7.55. The van der Waals surface area contributed by atoms with E-state index in [0.29, 0.717) is 24.6 Å². The van der Waals surface area contributed by atoms with E-state index in [0.717, 1.165) is 5.69 Å². The van der Waals surface area contributed by atoms with E-state index in [9.17, 15) is 8.42 Å². The third kappa shape index (κ3) is 3.40. The molecule has 1 atom stereocenters. The molecule has 0 spiro atoms. The van der Waals surface area contributed by atoms with Crippen LogP contribution in [0.2, 0.25) is 0 Å². The number of aromatic nitrogens is 2. The van der Waals surface area contributed by atoms with Crippen molar-refractivity contribution in [2.45, 2.75) is 17.9 Å². The van der Waals surface area contributed by atoms with Crippen LogP contribution in [-0.2, 0) is 14.8 Å². The van der Waals surface area contributed by atoms with Crippen molar-refractivity contribution < 1.29 is 17.9 Å². The van der Waals surface area contributed by atoms with Crippen molar-refractivity contribution in [2.75, 3.05) is 26.8 Å². The fourth-order valence-corrected chi connectivity index (χ4v) is 3.96. The summed E-state index contributed by atoms with van der Waals surface area (Å²) in [6.07, 6.45) is 2.85. The summed E-state index contributed by atoms with van der Waals surface area (Å²) < 4.78 is 37.9. The van der Waals surface area contributed by atoms with Crippen LogP contribution in [-0.4, -0.2) is 49.5 Å². The normalized spacial score (nSPS) is 19.2. The molecule has 24 heavy (non-hydrogen) atoms. The second-order valence-electron chi connectivity index (χ2n) is 5.48. The lowest BCUT2D eigenvalue weighted by molar-refractivity contribution is -0.00516. The molecule has 1 saturated heterocycles. The molecule has 1 fully saturated rings. The van der Waals surface area contributed by atoms with Crippen LogP contribution in [0.1, 0.15) is 17.5 Å². The molecule has 3 rings (SSSR count). The number of sulfonamides is 1. The molecule has 1 aliphatic heterocycles. The Morgan fingerprint density at radius 1 is 1.29 bits per heavy atom. The molecule has 0 N–H and O–H groups in total. The first-order valence-corrected chi connectivity index (χ1v) is 8.99. The molecular weight excluding hydrogens is 330 g/mol. The molecule has 8 heteroatoms. The maximum Gasteiger partial charge on any atom is 0.243 e. The zero-order valence-corrected chi connectivity index (χ0v) is 14.4. The summed E-state index contributed by atoms with van der Waals surface area (Å²) in [6, 6.07) is 6.46. The molecule has 0 saturated carbocycles. The number of benzene rings is 1. The minimum atomic E-state index is -3.62. The Morgan fingerprint density at radius 2 is 2.12 bits per heavy atom. The van der Waals surface area contributed by atoms with Crippen molar-refractivity contribution in [3.63, 3.8) is 0 Å². The summed E-state index contributed by atoms with van der Waals surface area (Å²) in [7, 11) is -2.11. The van der Waals surface area contributed by atoms with E-state index in [1.165, 1.54) is 17.5 Å². The third-order valence-corrected chi connectivity index (χ3v) is 5.70. The van der Waals surface area contributed by atoms with Crippen LogP contribution >= 0.6 is 0 Å². The quantitative estimate of drug-likeness (QED) is 0.833. The molecule has 0 aliphatic carbocycles. The SMILES string of the molecule is COc1cccc(S(=O)(=O)N2CCO[C@@H](c3cnc(C)cn3)C2)c1. The summed E-state index contributed by atoms with van der Waals surface area (Å²) >= 11 is 0. The van der Waals surface area contributed by atoms with Gasteiger partial charge in [-0.3, -0.25) is 9.97 Å². The molecule has 0 amide bonds. The van der Waals surface area contributed by atoms with Crippen molar-refractivity contribution in [2.24, 2.45) is 0 Å². The van der Waals surface area contributed by atoms with Crippen molar-refractivity contribution in [3.05, 3.63) is 48.0 Å². The molecule has 0 radical (unpaired) electrons. The largest absolute Gasteiger partial charge is 0.497 e. The van der Waals surface area contributed by atoms with E-state index in [1.54, 1.807) is 30.6 Å². The standard InChI is InChI=1S/C16H19N3O4S/c1-12-9-18-15(10-17-12)16-11-19(6-7-23-16)24(20,21)14-5-3-4-13(8-14)22-2/h3-5,8-10,16H,6-7,11H2,1-2H3/t16-/m1/s1. The van der Waals surface area contributed by atoms with Crippen LogP contribution in [0.15, 0.2) is 41.6 Å². The van der Waals surface area contributed by atoms with E-state index >= 15 is 0 Å². The monoisotopic (exact) mass is 349 g/mol. The highest BCUT2D eigenvalue weighted by molar-refractivity contribution is 7.89. The fourth-order valence-electron chi connectivity index (χ4n) is 2.50. The summed E-state index contributed by atoms with van der Waals surface area (Å²) in [5, 5.41) is 0. The summed E-state index contributed by atoms with van der Waals surface area (Å²) in [5.41, 5.74) is 1.43. The number of morpholine rings is 1. The summed E-state index contributed by atoms with van der Waals surface area (Å²) in [4.78, 5) is 8.69. The van der Waals surface area contributed by atoms with E-state index in [2.05, 4.69) is 9.97 Å². The third-order valence-electron chi connectivity index (χ3n) is 3.84. The predicted octanol–water partition coefficient (Wildman–Crippen LogP) is 1.56. The first kappa shape index (κ1) is 16.8. The van der Waals surface area contributed by atoms with Gasteiger partial charge in [-0.15, -0.1) is 0 Å². The van der Waals surface area contributed by atoms with Gasteiger partial charge in [-0.1, -0.05) is 6.07 Å². The minimum absolute atomic E-state index is 0.206. The Hall–Kier alpha value is -2.03.